The minimum atomic E-state index is -3.88. The number of aryl methyl sites for hydroxylation is 3. The number of hydrogen-bond acceptors (Lipinski definition) is 3. The van der Waals surface area contributed by atoms with Crippen LogP contribution < -0.4 is 9.62 Å². The van der Waals surface area contributed by atoms with E-state index in [0.717, 1.165) is 42.4 Å². The molecule has 0 bridgehead atoms. The molecular weight excluding hydrogens is 408 g/mol. The largest absolute Gasteiger partial charge is 0.354 e. The number of hydrogen-bond donors (Lipinski definition) is 1. The highest BCUT2D eigenvalue weighted by Crippen LogP contribution is 2.26. The number of unbranched alkanes of at least 4 members (excludes halogenated alkanes) is 1. The van der Waals surface area contributed by atoms with Crippen LogP contribution in [0.5, 0.6) is 0 Å². The molecule has 0 fully saturated rings. The van der Waals surface area contributed by atoms with Gasteiger partial charge in [-0.3, -0.25) is 9.10 Å². The van der Waals surface area contributed by atoms with E-state index in [2.05, 4.69) is 19.2 Å². The molecule has 0 spiro atoms. The fraction of sp³-hybridized carbons (Fsp3) is 0.480. The van der Waals surface area contributed by atoms with Gasteiger partial charge < -0.3 is 5.32 Å². The molecule has 0 aliphatic carbocycles. The van der Waals surface area contributed by atoms with E-state index in [4.69, 9.17) is 0 Å². The van der Waals surface area contributed by atoms with Crippen molar-refractivity contribution in [1.29, 1.82) is 0 Å². The Balaban J connectivity index is 2.29. The number of carbonyl (C=O) groups is 1. The van der Waals surface area contributed by atoms with Crippen LogP contribution in [0.3, 0.4) is 0 Å². The Morgan fingerprint density at radius 3 is 2.26 bits per heavy atom. The highest BCUT2D eigenvalue weighted by atomic mass is 32.2. The van der Waals surface area contributed by atoms with E-state index in [1.54, 1.807) is 30.3 Å². The van der Waals surface area contributed by atoms with Gasteiger partial charge in [-0.15, -0.1) is 0 Å². The first kappa shape index (κ1) is 24.9. The molecule has 6 heteroatoms. The first-order valence-electron chi connectivity index (χ1n) is 11.1. The van der Waals surface area contributed by atoms with Crippen molar-refractivity contribution in [2.45, 2.75) is 65.2 Å². The fourth-order valence-corrected chi connectivity index (χ4v) is 4.83. The second kappa shape index (κ2) is 11.3. The predicted molar refractivity (Wildman–Crippen MR) is 128 cm³/mol. The van der Waals surface area contributed by atoms with Gasteiger partial charge in [0.15, 0.2) is 0 Å². The Hall–Kier alpha value is -2.34. The van der Waals surface area contributed by atoms with Crippen LogP contribution in [-0.4, -0.2) is 27.4 Å². The minimum Gasteiger partial charge on any atom is -0.354 e. The molecule has 0 aliphatic rings. The summed E-state index contributed by atoms with van der Waals surface area (Å²) in [6.45, 7) is 10.4. The average molecular weight is 445 g/mol. The Bertz CT molecular complexity index is 969. The SMILES string of the molecule is CCCC[C@@H](CC)CNC(=O)CN(c1ccc(C)c(C)c1)S(=O)(=O)c1ccc(C)cc1. The molecule has 0 aromatic heterocycles. The van der Waals surface area contributed by atoms with Crippen LogP contribution in [0.1, 0.15) is 56.2 Å². The lowest BCUT2D eigenvalue weighted by Gasteiger charge is -2.25. The van der Waals surface area contributed by atoms with Gasteiger partial charge in [-0.25, -0.2) is 8.42 Å². The van der Waals surface area contributed by atoms with Crippen molar-refractivity contribution < 1.29 is 13.2 Å². The molecule has 0 unspecified atom stereocenters. The van der Waals surface area contributed by atoms with Crippen molar-refractivity contribution in [1.82, 2.24) is 5.32 Å². The van der Waals surface area contributed by atoms with Gasteiger partial charge in [0.2, 0.25) is 5.91 Å². The molecule has 2 rings (SSSR count). The van der Waals surface area contributed by atoms with Crippen molar-refractivity contribution in [2.24, 2.45) is 5.92 Å². The zero-order chi connectivity index (χ0) is 23.0. The van der Waals surface area contributed by atoms with Gasteiger partial charge in [0.25, 0.3) is 10.0 Å². The van der Waals surface area contributed by atoms with Crippen molar-refractivity contribution in [3.05, 3.63) is 59.2 Å². The summed E-state index contributed by atoms with van der Waals surface area (Å²) < 4.78 is 28.1. The van der Waals surface area contributed by atoms with Gasteiger partial charge in [-0.2, -0.15) is 0 Å². The van der Waals surface area contributed by atoms with Crippen molar-refractivity contribution >= 4 is 21.6 Å². The third kappa shape index (κ3) is 6.82. The van der Waals surface area contributed by atoms with Gasteiger partial charge in [-0.05, 0) is 68.5 Å². The summed E-state index contributed by atoms with van der Waals surface area (Å²) in [4.78, 5) is 13.0. The van der Waals surface area contributed by atoms with Crippen LogP contribution in [0.2, 0.25) is 0 Å². The predicted octanol–water partition coefficient (Wildman–Crippen LogP) is 5.14. The summed E-state index contributed by atoms with van der Waals surface area (Å²) in [6, 6.07) is 12.2. The maximum absolute atomic E-state index is 13.5. The van der Waals surface area contributed by atoms with Crippen LogP contribution in [0, 0.1) is 26.7 Å². The number of nitrogens with one attached hydrogen (secondary N) is 1. The molecule has 1 amide bonds. The number of benzene rings is 2. The van der Waals surface area contributed by atoms with Gasteiger partial charge in [0, 0.05) is 6.54 Å². The lowest BCUT2D eigenvalue weighted by atomic mass is 9.99. The first-order chi connectivity index (χ1) is 14.7. The molecule has 0 saturated heterocycles. The number of sulfonamides is 1. The fourth-order valence-electron chi connectivity index (χ4n) is 3.42. The molecule has 1 atom stereocenters. The Morgan fingerprint density at radius 2 is 1.68 bits per heavy atom. The van der Waals surface area contributed by atoms with E-state index in [1.165, 1.54) is 4.31 Å². The normalized spacial score (nSPS) is 12.4. The van der Waals surface area contributed by atoms with E-state index < -0.39 is 10.0 Å². The van der Waals surface area contributed by atoms with E-state index >= 15 is 0 Å². The molecule has 31 heavy (non-hydrogen) atoms. The molecular formula is C25H36N2O3S. The average Bonchev–Trinajstić information content (AvgIpc) is 2.74. The number of anilines is 1. The molecule has 2 aromatic rings. The van der Waals surface area contributed by atoms with Crippen LogP contribution in [0.4, 0.5) is 5.69 Å². The van der Waals surface area contributed by atoms with Crippen LogP contribution >= 0.6 is 0 Å². The van der Waals surface area contributed by atoms with Gasteiger partial charge in [-0.1, -0.05) is 56.9 Å². The first-order valence-corrected chi connectivity index (χ1v) is 12.6. The van der Waals surface area contributed by atoms with Gasteiger partial charge >= 0.3 is 0 Å². The Morgan fingerprint density at radius 1 is 1.00 bits per heavy atom. The summed E-state index contributed by atoms with van der Waals surface area (Å²) in [5.41, 5.74) is 3.53. The summed E-state index contributed by atoms with van der Waals surface area (Å²) in [6.07, 6.45) is 4.31. The summed E-state index contributed by atoms with van der Waals surface area (Å²) >= 11 is 0. The van der Waals surface area contributed by atoms with E-state index in [1.807, 2.05) is 32.9 Å². The second-order valence-corrected chi connectivity index (χ2v) is 10.2. The van der Waals surface area contributed by atoms with Gasteiger partial charge in [0.1, 0.15) is 6.54 Å². The summed E-state index contributed by atoms with van der Waals surface area (Å²) in [7, 11) is -3.88. The quantitative estimate of drug-likeness (QED) is 0.522. The minimum absolute atomic E-state index is 0.179. The highest BCUT2D eigenvalue weighted by molar-refractivity contribution is 7.92. The molecule has 0 aliphatic heterocycles. The Kier molecular flexibility index (Phi) is 9.11. The molecule has 2 aromatic carbocycles. The number of carbonyl (C=O) groups excluding carboxylic acids is 1. The standard InChI is InChI=1S/C25H36N2O3S/c1-6-8-9-22(7-2)17-26-25(28)18-27(23-13-12-20(4)21(5)16-23)31(29,30)24-14-10-19(3)11-15-24/h10-16,22H,6-9,17-18H2,1-5H3,(H,26,28)/t22-/m1/s1. The Labute approximate surface area is 187 Å². The molecule has 0 radical (unpaired) electrons. The molecule has 1 N–H and O–H groups in total. The number of amides is 1. The molecule has 170 valence electrons. The van der Waals surface area contributed by atoms with Crippen LogP contribution in [-0.2, 0) is 14.8 Å². The summed E-state index contributed by atoms with van der Waals surface area (Å²) in [5.74, 6) is 0.122. The van der Waals surface area contributed by atoms with E-state index in [-0.39, 0.29) is 17.3 Å². The third-order valence-electron chi connectivity index (χ3n) is 5.81. The van der Waals surface area contributed by atoms with E-state index in [0.29, 0.717) is 18.2 Å². The molecule has 0 saturated carbocycles. The topological polar surface area (TPSA) is 66.5 Å². The zero-order valence-corrected chi connectivity index (χ0v) is 20.3. The van der Waals surface area contributed by atoms with Crippen molar-refractivity contribution in [3.8, 4) is 0 Å². The van der Waals surface area contributed by atoms with Gasteiger partial charge in [0.05, 0.1) is 10.6 Å². The smallest absolute Gasteiger partial charge is 0.264 e. The highest BCUT2D eigenvalue weighted by Gasteiger charge is 2.27. The number of rotatable bonds is 11. The zero-order valence-electron chi connectivity index (χ0n) is 19.4. The van der Waals surface area contributed by atoms with Crippen LogP contribution in [0.25, 0.3) is 0 Å². The summed E-state index contributed by atoms with van der Waals surface area (Å²) in [5, 5.41) is 2.96. The maximum Gasteiger partial charge on any atom is 0.264 e. The van der Waals surface area contributed by atoms with Crippen molar-refractivity contribution in [3.63, 3.8) is 0 Å². The van der Waals surface area contributed by atoms with Crippen molar-refractivity contribution in [2.75, 3.05) is 17.4 Å². The lowest BCUT2D eigenvalue weighted by Crippen LogP contribution is -2.42. The molecule has 5 nitrogen and oxygen atoms in total. The second-order valence-electron chi connectivity index (χ2n) is 8.31. The van der Waals surface area contributed by atoms with E-state index in [9.17, 15) is 13.2 Å². The molecule has 0 heterocycles. The maximum atomic E-state index is 13.5. The number of nitrogens with zero attached hydrogens (tertiary/aromatic N) is 1. The lowest BCUT2D eigenvalue weighted by molar-refractivity contribution is -0.119. The van der Waals surface area contributed by atoms with Crippen LogP contribution in [0.15, 0.2) is 47.4 Å². The third-order valence-corrected chi connectivity index (χ3v) is 7.59. The monoisotopic (exact) mass is 444 g/mol.